The van der Waals surface area contributed by atoms with Gasteiger partial charge < -0.3 is 5.32 Å². The average molecular weight is 163 g/mol. The number of rotatable bonds is 1. The van der Waals surface area contributed by atoms with Crippen molar-refractivity contribution in [1.82, 2.24) is 5.32 Å². The Morgan fingerprint density at radius 1 is 1.42 bits per heavy atom. The van der Waals surface area contributed by atoms with Gasteiger partial charge in [0.15, 0.2) is 0 Å². The summed E-state index contributed by atoms with van der Waals surface area (Å²) >= 11 is 0. The first-order valence-corrected chi connectivity index (χ1v) is 4.89. The van der Waals surface area contributed by atoms with E-state index >= 15 is 0 Å². The molecule has 1 nitrogen and oxygen atoms in total. The third-order valence-electron chi connectivity index (χ3n) is 2.89. The maximum atomic E-state index is 3.41. The molecule has 0 amide bonds. The SMILES string of the molecule is CC(C)C1=CC2=C(CCNC2)C1. The second-order valence-corrected chi connectivity index (χ2v) is 4.11. The Labute approximate surface area is 74.5 Å². The Kier molecular flexibility index (Phi) is 2.05. The zero-order valence-corrected chi connectivity index (χ0v) is 7.98. The Balaban J connectivity index is 2.13. The quantitative estimate of drug-likeness (QED) is 0.625. The summed E-state index contributed by atoms with van der Waals surface area (Å²) in [6, 6.07) is 0. The van der Waals surface area contributed by atoms with Crippen LogP contribution in [0.4, 0.5) is 0 Å². The summed E-state index contributed by atoms with van der Waals surface area (Å²) in [7, 11) is 0. The molecule has 2 aliphatic rings. The van der Waals surface area contributed by atoms with Crippen LogP contribution < -0.4 is 5.32 Å². The molecule has 66 valence electrons. The molecule has 0 aromatic rings. The van der Waals surface area contributed by atoms with Crippen LogP contribution in [0.5, 0.6) is 0 Å². The summed E-state index contributed by atoms with van der Waals surface area (Å²) in [4.78, 5) is 0. The number of nitrogens with one attached hydrogen (secondary N) is 1. The third kappa shape index (κ3) is 1.34. The minimum absolute atomic E-state index is 0.732. The van der Waals surface area contributed by atoms with Gasteiger partial charge in [0.25, 0.3) is 0 Å². The van der Waals surface area contributed by atoms with E-state index in [2.05, 4.69) is 25.2 Å². The maximum absolute atomic E-state index is 3.41. The van der Waals surface area contributed by atoms with Crippen molar-refractivity contribution in [3.63, 3.8) is 0 Å². The van der Waals surface area contributed by atoms with Gasteiger partial charge in [0.1, 0.15) is 0 Å². The van der Waals surface area contributed by atoms with Crippen molar-refractivity contribution in [2.75, 3.05) is 13.1 Å². The van der Waals surface area contributed by atoms with Gasteiger partial charge >= 0.3 is 0 Å². The summed E-state index contributed by atoms with van der Waals surface area (Å²) in [5.41, 5.74) is 4.89. The zero-order valence-electron chi connectivity index (χ0n) is 7.98. The average Bonchev–Trinajstić information content (AvgIpc) is 2.46. The summed E-state index contributed by atoms with van der Waals surface area (Å²) in [5.74, 6) is 0.732. The highest BCUT2D eigenvalue weighted by Gasteiger charge is 2.19. The van der Waals surface area contributed by atoms with Gasteiger partial charge in [-0.1, -0.05) is 31.1 Å². The van der Waals surface area contributed by atoms with E-state index in [0.29, 0.717) is 0 Å². The third-order valence-corrected chi connectivity index (χ3v) is 2.89. The van der Waals surface area contributed by atoms with E-state index in [0.717, 1.165) is 12.5 Å². The molecule has 1 heteroatoms. The van der Waals surface area contributed by atoms with Crippen molar-refractivity contribution in [3.05, 3.63) is 22.8 Å². The van der Waals surface area contributed by atoms with Gasteiger partial charge in [-0.2, -0.15) is 0 Å². The number of allylic oxidation sites excluding steroid dienone is 1. The van der Waals surface area contributed by atoms with E-state index in [1.807, 2.05) is 0 Å². The topological polar surface area (TPSA) is 12.0 Å². The maximum Gasteiger partial charge on any atom is 0.0205 e. The smallest absolute Gasteiger partial charge is 0.0205 e. The van der Waals surface area contributed by atoms with Crippen molar-refractivity contribution in [2.45, 2.75) is 26.7 Å². The van der Waals surface area contributed by atoms with Gasteiger partial charge in [-0.05, 0) is 30.9 Å². The second-order valence-electron chi connectivity index (χ2n) is 4.11. The Morgan fingerprint density at radius 3 is 2.92 bits per heavy atom. The van der Waals surface area contributed by atoms with Gasteiger partial charge in [0, 0.05) is 6.54 Å². The fourth-order valence-electron chi connectivity index (χ4n) is 1.99. The predicted molar refractivity (Wildman–Crippen MR) is 52.1 cm³/mol. The lowest BCUT2D eigenvalue weighted by Gasteiger charge is -2.14. The van der Waals surface area contributed by atoms with E-state index in [4.69, 9.17) is 0 Å². The van der Waals surface area contributed by atoms with Crippen LogP contribution in [-0.2, 0) is 0 Å². The Morgan fingerprint density at radius 2 is 2.25 bits per heavy atom. The van der Waals surface area contributed by atoms with Crippen LogP contribution in [0.15, 0.2) is 22.8 Å². The van der Waals surface area contributed by atoms with E-state index in [9.17, 15) is 0 Å². The largest absolute Gasteiger partial charge is 0.312 e. The van der Waals surface area contributed by atoms with Crippen LogP contribution in [0.3, 0.4) is 0 Å². The normalized spacial score (nSPS) is 23.1. The van der Waals surface area contributed by atoms with Crippen molar-refractivity contribution in [1.29, 1.82) is 0 Å². The molecule has 0 bridgehead atoms. The number of hydrogen-bond donors (Lipinski definition) is 1. The molecule has 12 heavy (non-hydrogen) atoms. The first-order valence-electron chi connectivity index (χ1n) is 4.89. The van der Waals surface area contributed by atoms with Crippen molar-refractivity contribution >= 4 is 0 Å². The Bertz CT molecular complexity index is 246. The van der Waals surface area contributed by atoms with Crippen LogP contribution in [0, 0.1) is 5.92 Å². The van der Waals surface area contributed by atoms with Crippen LogP contribution in [-0.4, -0.2) is 13.1 Å². The first-order chi connectivity index (χ1) is 5.77. The number of hydrogen-bond acceptors (Lipinski definition) is 1. The van der Waals surface area contributed by atoms with Gasteiger partial charge in [-0.15, -0.1) is 0 Å². The molecule has 1 heterocycles. The molecule has 0 radical (unpaired) electrons. The van der Waals surface area contributed by atoms with Crippen LogP contribution in [0.2, 0.25) is 0 Å². The molecule has 0 spiro atoms. The zero-order chi connectivity index (χ0) is 8.55. The summed E-state index contributed by atoms with van der Waals surface area (Å²) in [6.07, 6.45) is 4.93. The fraction of sp³-hybridized carbons (Fsp3) is 0.636. The molecule has 1 aliphatic carbocycles. The van der Waals surface area contributed by atoms with E-state index < -0.39 is 0 Å². The second kappa shape index (κ2) is 3.06. The molecule has 0 unspecified atom stereocenters. The van der Waals surface area contributed by atoms with Crippen molar-refractivity contribution < 1.29 is 0 Å². The standard InChI is InChI=1S/C11H17N/c1-8(2)10-5-9-3-4-12-7-11(9)6-10/h6,8,12H,3-5,7H2,1-2H3. The highest BCUT2D eigenvalue weighted by atomic mass is 14.9. The highest BCUT2D eigenvalue weighted by Crippen LogP contribution is 2.32. The minimum Gasteiger partial charge on any atom is -0.312 e. The van der Waals surface area contributed by atoms with Crippen LogP contribution >= 0.6 is 0 Å². The van der Waals surface area contributed by atoms with E-state index in [1.165, 1.54) is 19.4 Å². The minimum atomic E-state index is 0.732. The summed E-state index contributed by atoms with van der Waals surface area (Å²) in [5, 5.41) is 3.41. The van der Waals surface area contributed by atoms with Gasteiger partial charge in [0.2, 0.25) is 0 Å². The first kappa shape index (κ1) is 8.06. The molecular weight excluding hydrogens is 146 g/mol. The van der Waals surface area contributed by atoms with Crippen LogP contribution in [0.25, 0.3) is 0 Å². The molecule has 0 aromatic carbocycles. The van der Waals surface area contributed by atoms with Crippen molar-refractivity contribution in [3.8, 4) is 0 Å². The lowest BCUT2D eigenvalue weighted by molar-refractivity contribution is 0.675. The molecule has 1 N–H and O–H groups in total. The molecule has 0 atom stereocenters. The summed E-state index contributed by atoms with van der Waals surface area (Å²) < 4.78 is 0. The summed E-state index contributed by atoms with van der Waals surface area (Å²) in [6.45, 7) is 6.86. The predicted octanol–water partition coefficient (Wildman–Crippen LogP) is 2.26. The molecule has 0 fully saturated rings. The lowest BCUT2D eigenvalue weighted by atomic mass is 9.99. The van der Waals surface area contributed by atoms with E-state index in [-0.39, 0.29) is 0 Å². The monoisotopic (exact) mass is 163 g/mol. The molecule has 0 saturated heterocycles. The van der Waals surface area contributed by atoms with Gasteiger partial charge in [-0.3, -0.25) is 0 Å². The molecule has 2 rings (SSSR count). The van der Waals surface area contributed by atoms with Gasteiger partial charge in [0.05, 0.1) is 0 Å². The molecule has 0 saturated carbocycles. The molecular formula is C11H17N. The highest BCUT2D eigenvalue weighted by molar-refractivity contribution is 5.41. The Hall–Kier alpha value is -0.560. The molecule has 0 aromatic heterocycles. The van der Waals surface area contributed by atoms with Crippen LogP contribution in [0.1, 0.15) is 26.7 Å². The fourth-order valence-corrected chi connectivity index (χ4v) is 1.99. The molecule has 1 aliphatic heterocycles. The van der Waals surface area contributed by atoms with Gasteiger partial charge in [-0.25, -0.2) is 0 Å². The lowest BCUT2D eigenvalue weighted by Crippen LogP contribution is -2.23. The van der Waals surface area contributed by atoms with Crippen molar-refractivity contribution in [2.24, 2.45) is 5.92 Å². The van der Waals surface area contributed by atoms with E-state index in [1.54, 1.807) is 16.7 Å².